The normalized spacial score (nSPS) is 35.7. The average molecular weight is 210 g/mol. The molecule has 0 aromatic carbocycles. The van der Waals surface area contributed by atoms with Crippen molar-refractivity contribution in [3.8, 4) is 0 Å². The number of hydrogen-bond acceptors (Lipinski definition) is 3. The van der Waals surface area contributed by atoms with Crippen molar-refractivity contribution in [2.45, 2.75) is 32.2 Å². The third-order valence-corrected chi connectivity index (χ3v) is 3.89. The second kappa shape index (κ2) is 4.62. The zero-order valence-corrected chi connectivity index (χ0v) is 9.91. The lowest BCUT2D eigenvalue weighted by Crippen LogP contribution is -2.51. The predicted octanol–water partition coefficient (Wildman–Crippen LogP) is 0.991. The van der Waals surface area contributed by atoms with Gasteiger partial charge in [-0.05, 0) is 25.9 Å². The minimum absolute atomic E-state index is 0.451. The van der Waals surface area contributed by atoms with Crippen LogP contribution >= 0.6 is 0 Å². The first-order valence-corrected chi connectivity index (χ1v) is 6.11. The molecule has 2 aliphatic heterocycles. The Hall–Kier alpha value is -0.410. The molecule has 0 aromatic rings. The highest BCUT2D eigenvalue weighted by molar-refractivity contribution is 5.79. The lowest BCUT2D eigenvalue weighted by molar-refractivity contribution is -0.122. The number of nitrogens with zero attached hydrogens (tertiary/aromatic N) is 2. The van der Waals surface area contributed by atoms with Crippen molar-refractivity contribution >= 4 is 5.78 Å². The largest absolute Gasteiger partial charge is 0.306 e. The Balaban J connectivity index is 1.90. The monoisotopic (exact) mass is 210 g/mol. The maximum absolute atomic E-state index is 11.2. The van der Waals surface area contributed by atoms with Gasteiger partial charge in [0.2, 0.25) is 0 Å². The molecule has 86 valence electrons. The summed E-state index contributed by atoms with van der Waals surface area (Å²) in [6.07, 6.45) is 2.82. The number of carbonyl (C=O) groups is 1. The van der Waals surface area contributed by atoms with Crippen LogP contribution in [0.4, 0.5) is 0 Å². The molecule has 3 nitrogen and oxygen atoms in total. The summed E-state index contributed by atoms with van der Waals surface area (Å²) >= 11 is 0. The van der Waals surface area contributed by atoms with Crippen LogP contribution in [0, 0.1) is 5.92 Å². The first-order valence-electron chi connectivity index (χ1n) is 6.11. The summed E-state index contributed by atoms with van der Waals surface area (Å²) in [4.78, 5) is 16.1. The first kappa shape index (κ1) is 11.1. The Bertz CT molecular complexity index is 232. The minimum atomic E-state index is 0.451. The van der Waals surface area contributed by atoms with Gasteiger partial charge in [-0.3, -0.25) is 9.69 Å². The molecule has 0 radical (unpaired) electrons. The van der Waals surface area contributed by atoms with E-state index in [0.29, 0.717) is 11.8 Å². The van der Waals surface area contributed by atoms with Crippen LogP contribution in [0.1, 0.15) is 26.2 Å². The molecule has 2 rings (SSSR count). The third-order valence-electron chi connectivity index (χ3n) is 3.89. The van der Waals surface area contributed by atoms with Gasteiger partial charge in [0.25, 0.3) is 0 Å². The maximum Gasteiger partial charge on any atom is 0.135 e. The molecule has 2 atom stereocenters. The van der Waals surface area contributed by atoms with Crippen LogP contribution in [-0.2, 0) is 4.79 Å². The van der Waals surface area contributed by atoms with Crippen molar-refractivity contribution in [2.24, 2.45) is 5.92 Å². The summed E-state index contributed by atoms with van der Waals surface area (Å²) in [6.45, 7) is 6.75. The molecule has 0 N–H and O–H groups in total. The molecule has 0 spiro atoms. The maximum atomic E-state index is 11.2. The number of carbonyl (C=O) groups excluding carboxylic acids is 1. The van der Waals surface area contributed by atoms with Crippen LogP contribution in [0.2, 0.25) is 0 Å². The Kier molecular flexibility index (Phi) is 3.42. The van der Waals surface area contributed by atoms with Gasteiger partial charge >= 0.3 is 0 Å². The number of likely N-dealkylation sites (tertiary alicyclic amines) is 2. The number of piperidine rings is 2. The molecule has 3 heteroatoms. The van der Waals surface area contributed by atoms with Gasteiger partial charge in [-0.1, -0.05) is 6.92 Å². The van der Waals surface area contributed by atoms with E-state index in [4.69, 9.17) is 0 Å². The minimum Gasteiger partial charge on any atom is -0.306 e. The van der Waals surface area contributed by atoms with Crippen molar-refractivity contribution < 1.29 is 4.79 Å². The van der Waals surface area contributed by atoms with Crippen LogP contribution in [0.5, 0.6) is 0 Å². The highest BCUT2D eigenvalue weighted by atomic mass is 16.1. The SMILES string of the molecule is CC1CN(C)CCC1N1CCC(=O)CC1. The van der Waals surface area contributed by atoms with Gasteiger partial charge in [-0.15, -0.1) is 0 Å². The fourth-order valence-electron chi connectivity index (χ4n) is 2.99. The molecule has 2 fully saturated rings. The van der Waals surface area contributed by atoms with Gasteiger partial charge in [-0.25, -0.2) is 0 Å². The quantitative estimate of drug-likeness (QED) is 0.645. The molecular weight excluding hydrogens is 188 g/mol. The Morgan fingerprint density at radius 3 is 2.47 bits per heavy atom. The molecule has 2 unspecified atom stereocenters. The molecule has 2 saturated heterocycles. The Morgan fingerprint density at radius 2 is 1.87 bits per heavy atom. The van der Waals surface area contributed by atoms with Gasteiger partial charge < -0.3 is 4.90 Å². The Labute approximate surface area is 92.4 Å². The van der Waals surface area contributed by atoms with Crippen LogP contribution in [0.25, 0.3) is 0 Å². The second-order valence-electron chi connectivity index (χ2n) is 5.17. The van der Waals surface area contributed by atoms with Crippen molar-refractivity contribution in [3.05, 3.63) is 0 Å². The summed E-state index contributed by atoms with van der Waals surface area (Å²) in [6, 6.07) is 0.717. The summed E-state index contributed by atoms with van der Waals surface area (Å²) in [5.74, 6) is 1.20. The highest BCUT2D eigenvalue weighted by Crippen LogP contribution is 2.23. The summed E-state index contributed by atoms with van der Waals surface area (Å²) in [5, 5.41) is 0. The molecule has 15 heavy (non-hydrogen) atoms. The second-order valence-corrected chi connectivity index (χ2v) is 5.17. The highest BCUT2D eigenvalue weighted by Gasteiger charge is 2.30. The van der Waals surface area contributed by atoms with E-state index in [1.165, 1.54) is 19.5 Å². The molecule has 0 aliphatic carbocycles. The van der Waals surface area contributed by atoms with E-state index in [1.54, 1.807) is 0 Å². The van der Waals surface area contributed by atoms with Crippen molar-refractivity contribution in [1.82, 2.24) is 9.80 Å². The number of rotatable bonds is 1. The van der Waals surface area contributed by atoms with Crippen molar-refractivity contribution in [2.75, 3.05) is 33.2 Å². The van der Waals surface area contributed by atoms with Gasteiger partial charge in [0.05, 0.1) is 0 Å². The molecular formula is C12H22N2O. The average Bonchev–Trinajstić information content (AvgIpc) is 2.20. The number of hydrogen-bond donors (Lipinski definition) is 0. The summed E-state index contributed by atoms with van der Waals surface area (Å²) < 4.78 is 0. The number of ketones is 1. The molecule has 0 amide bonds. The topological polar surface area (TPSA) is 23.6 Å². The van der Waals surface area contributed by atoms with E-state index in [9.17, 15) is 4.79 Å². The lowest BCUT2D eigenvalue weighted by Gasteiger charge is -2.42. The Morgan fingerprint density at radius 1 is 1.20 bits per heavy atom. The smallest absolute Gasteiger partial charge is 0.135 e. The standard InChI is InChI=1S/C12H22N2O/c1-10-9-13(2)6-5-12(10)14-7-3-11(15)4-8-14/h10,12H,3-9H2,1-2H3. The van der Waals surface area contributed by atoms with Gasteiger partial charge in [-0.2, -0.15) is 0 Å². The van der Waals surface area contributed by atoms with E-state index in [-0.39, 0.29) is 0 Å². The molecule has 0 bridgehead atoms. The molecule has 0 saturated carbocycles. The molecule has 2 heterocycles. The van der Waals surface area contributed by atoms with Crippen molar-refractivity contribution in [1.29, 1.82) is 0 Å². The van der Waals surface area contributed by atoms with E-state index >= 15 is 0 Å². The van der Waals surface area contributed by atoms with Crippen molar-refractivity contribution in [3.63, 3.8) is 0 Å². The predicted molar refractivity (Wildman–Crippen MR) is 60.9 cm³/mol. The van der Waals surface area contributed by atoms with Gasteiger partial charge in [0.1, 0.15) is 5.78 Å². The first-order chi connectivity index (χ1) is 7.16. The van der Waals surface area contributed by atoms with E-state index in [2.05, 4.69) is 23.8 Å². The third kappa shape index (κ3) is 2.58. The van der Waals surface area contributed by atoms with E-state index in [1.807, 2.05) is 0 Å². The summed E-state index contributed by atoms with van der Waals surface area (Å²) in [5.41, 5.74) is 0. The fraction of sp³-hybridized carbons (Fsp3) is 0.917. The van der Waals surface area contributed by atoms with Gasteiger partial charge in [0, 0.05) is 38.5 Å². The fourth-order valence-corrected chi connectivity index (χ4v) is 2.99. The van der Waals surface area contributed by atoms with Crippen LogP contribution in [0.3, 0.4) is 0 Å². The zero-order valence-electron chi connectivity index (χ0n) is 9.91. The molecule has 0 aromatic heterocycles. The lowest BCUT2D eigenvalue weighted by atomic mass is 9.91. The van der Waals surface area contributed by atoms with Crippen LogP contribution in [-0.4, -0.2) is 54.9 Å². The number of Topliss-reactive ketones (excluding diaryl/α,β-unsaturated/α-hetero) is 1. The van der Waals surface area contributed by atoms with Crippen LogP contribution in [0.15, 0.2) is 0 Å². The molecule has 2 aliphatic rings. The summed E-state index contributed by atoms with van der Waals surface area (Å²) in [7, 11) is 2.20. The van der Waals surface area contributed by atoms with E-state index in [0.717, 1.165) is 31.8 Å². The van der Waals surface area contributed by atoms with E-state index < -0.39 is 0 Å². The zero-order chi connectivity index (χ0) is 10.8. The van der Waals surface area contributed by atoms with Crippen LogP contribution < -0.4 is 0 Å². The van der Waals surface area contributed by atoms with Gasteiger partial charge in [0.15, 0.2) is 0 Å².